The van der Waals surface area contributed by atoms with Crippen molar-refractivity contribution in [3.05, 3.63) is 70.9 Å². The number of benzene rings is 2. The quantitative estimate of drug-likeness (QED) is 0.533. The predicted molar refractivity (Wildman–Crippen MR) is 115 cm³/mol. The number of piperidine rings is 1. The molecule has 1 aliphatic heterocycles. The smallest absolute Gasteiger partial charge is 0.193 e. The van der Waals surface area contributed by atoms with Crippen molar-refractivity contribution in [2.24, 2.45) is 0 Å². The Kier molecular flexibility index (Phi) is 5.23. The zero-order valence-corrected chi connectivity index (χ0v) is 16.8. The number of rotatable bonds is 5. The number of nitrogen functional groups attached to an aromatic ring is 1. The molecule has 1 aromatic heterocycles. The van der Waals surface area contributed by atoms with Crippen LogP contribution in [-0.4, -0.2) is 35.0 Å². The summed E-state index contributed by atoms with van der Waals surface area (Å²) < 4.78 is 1.71. The molecule has 0 bridgehead atoms. The Bertz CT molecular complexity index is 979. The van der Waals surface area contributed by atoms with Crippen LogP contribution in [0.15, 0.2) is 48.7 Å². The third kappa shape index (κ3) is 3.45. The first-order chi connectivity index (χ1) is 13.6. The van der Waals surface area contributed by atoms with Crippen LogP contribution < -0.4 is 5.84 Å². The lowest BCUT2D eigenvalue weighted by molar-refractivity contribution is 0.103. The Balaban J connectivity index is 1.67. The number of likely N-dealkylation sites (tertiary alicyclic amines) is 1. The van der Waals surface area contributed by atoms with Crippen molar-refractivity contribution in [2.75, 3.05) is 25.5 Å². The maximum atomic E-state index is 13.0. The Morgan fingerprint density at radius 2 is 1.71 bits per heavy atom. The molecule has 1 aliphatic rings. The zero-order chi connectivity index (χ0) is 19.7. The molecular formula is C24H29N3O. The third-order valence-electron chi connectivity index (χ3n) is 6.23. The minimum absolute atomic E-state index is 0.0704. The minimum Gasteiger partial charge on any atom is -0.339 e. The topological polar surface area (TPSA) is 51.3 Å². The molecule has 0 saturated carbocycles. The Hall–Kier alpha value is -2.59. The first-order valence-electron chi connectivity index (χ1n) is 10.4. The molecule has 146 valence electrons. The van der Waals surface area contributed by atoms with Gasteiger partial charge in [-0.25, -0.2) is 0 Å². The van der Waals surface area contributed by atoms with Crippen LogP contribution in [0.4, 0.5) is 0 Å². The molecule has 0 spiro atoms. The first kappa shape index (κ1) is 18.8. The zero-order valence-electron chi connectivity index (χ0n) is 16.8. The van der Waals surface area contributed by atoms with Gasteiger partial charge in [0.2, 0.25) is 0 Å². The molecule has 0 atom stereocenters. The lowest BCUT2D eigenvalue weighted by Gasteiger charge is -2.30. The fraction of sp³-hybridized carbons (Fsp3) is 0.375. The predicted octanol–water partition coefficient (Wildman–Crippen LogP) is 4.35. The summed E-state index contributed by atoms with van der Waals surface area (Å²) in [7, 11) is 0. The van der Waals surface area contributed by atoms with Gasteiger partial charge in [-0.05, 0) is 74.1 Å². The summed E-state index contributed by atoms with van der Waals surface area (Å²) in [5.74, 6) is 6.80. The van der Waals surface area contributed by atoms with Crippen molar-refractivity contribution in [1.29, 1.82) is 0 Å². The summed E-state index contributed by atoms with van der Waals surface area (Å²) >= 11 is 0. The molecule has 4 nitrogen and oxygen atoms in total. The third-order valence-corrected chi connectivity index (χ3v) is 6.23. The molecule has 1 saturated heterocycles. The van der Waals surface area contributed by atoms with Crippen LogP contribution in [0.3, 0.4) is 0 Å². The van der Waals surface area contributed by atoms with Gasteiger partial charge in [-0.1, -0.05) is 38.1 Å². The fourth-order valence-corrected chi connectivity index (χ4v) is 4.37. The van der Waals surface area contributed by atoms with Crippen molar-refractivity contribution in [3.63, 3.8) is 0 Å². The Labute approximate surface area is 166 Å². The highest BCUT2D eigenvalue weighted by Gasteiger charge is 2.23. The van der Waals surface area contributed by atoms with Gasteiger partial charge >= 0.3 is 0 Å². The number of ketones is 1. The lowest BCUT2D eigenvalue weighted by Crippen LogP contribution is -2.32. The van der Waals surface area contributed by atoms with Gasteiger partial charge in [0.1, 0.15) is 0 Å². The molecule has 1 fully saturated rings. The van der Waals surface area contributed by atoms with E-state index in [0.717, 1.165) is 60.9 Å². The number of hydrogen-bond acceptors (Lipinski definition) is 3. The second-order valence-electron chi connectivity index (χ2n) is 7.81. The van der Waals surface area contributed by atoms with E-state index >= 15 is 0 Å². The van der Waals surface area contributed by atoms with E-state index in [0.29, 0.717) is 5.92 Å². The summed E-state index contributed by atoms with van der Waals surface area (Å²) in [6.07, 6.45) is 5.32. The van der Waals surface area contributed by atoms with Gasteiger partial charge in [-0.15, -0.1) is 0 Å². The van der Waals surface area contributed by atoms with E-state index in [-0.39, 0.29) is 5.78 Å². The number of carbonyl (C=O) groups excluding carboxylic acids is 1. The first-order valence-corrected chi connectivity index (χ1v) is 10.4. The van der Waals surface area contributed by atoms with E-state index < -0.39 is 0 Å². The second-order valence-corrected chi connectivity index (χ2v) is 7.81. The minimum atomic E-state index is 0.0704. The van der Waals surface area contributed by atoms with E-state index in [1.807, 2.05) is 42.5 Å². The molecule has 0 radical (unpaired) electrons. The molecule has 2 heterocycles. The van der Waals surface area contributed by atoms with E-state index in [4.69, 9.17) is 5.84 Å². The van der Waals surface area contributed by atoms with Crippen LogP contribution in [0.2, 0.25) is 0 Å². The highest BCUT2D eigenvalue weighted by Crippen LogP contribution is 2.34. The summed E-state index contributed by atoms with van der Waals surface area (Å²) in [4.78, 5) is 15.5. The largest absolute Gasteiger partial charge is 0.339 e. The monoisotopic (exact) mass is 375 g/mol. The van der Waals surface area contributed by atoms with Gasteiger partial charge in [-0.2, -0.15) is 0 Å². The molecule has 4 rings (SSSR count). The van der Waals surface area contributed by atoms with Crippen molar-refractivity contribution < 1.29 is 4.79 Å². The molecule has 3 aromatic rings. The SMILES string of the molecule is CCc1ccc(C(=O)c2ccc3c(c2)c(C2CCN(CC)CC2)cn3N)cc1. The molecule has 0 unspecified atom stereocenters. The van der Waals surface area contributed by atoms with Crippen LogP contribution in [0.25, 0.3) is 10.9 Å². The summed E-state index contributed by atoms with van der Waals surface area (Å²) in [5.41, 5.74) is 4.99. The van der Waals surface area contributed by atoms with Crippen LogP contribution in [0.1, 0.15) is 59.7 Å². The summed E-state index contributed by atoms with van der Waals surface area (Å²) in [6, 6.07) is 13.8. The van der Waals surface area contributed by atoms with Crippen molar-refractivity contribution >= 4 is 16.7 Å². The maximum absolute atomic E-state index is 13.0. The van der Waals surface area contributed by atoms with Gasteiger partial charge in [0.25, 0.3) is 0 Å². The fourth-order valence-electron chi connectivity index (χ4n) is 4.37. The maximum Gasteiger partial charge on any atom is 0.193 e. The summed E-state index contributed by atoms with van der Waals surface area (Å²) in [6.45, 7) is 7.70. The molecule has 0 amide bonds. The number of nitrogens with two attached hydrogens (primary N) is 1. The van der Waals surface area contributed by atoms with Gasteiger partial charge in [0, 0.05) is 22.7 Å². The second kappa shape index (κ2) is 7.80. The molecule has 2 aromatic carbocycles. The standard InChI is InChI=1S/C24H29N3O/c1-3-17-5-7-19(8-6-17)24(28)20-9-10-23-21(15-20)22(16-27(23)25)18-11-13-26(4-2)14-12-18/h5-10,15-16,18H,3-4,11-14,25H2,1-2H3. The van der Waals surface area contributed by atoms with Crippen LogP contribution >= 0.6 is 0 Å². The van der Waals surface area contributed by atoms with Crippen molar-refractivity contribution in [3.8, 4) is 0 Å². The molecule has 4 heteroatoms. The highest BCUT2D eigenvalue weighted by atomic mass is 16.1. The van der Waals surface area contributed by atoms with E-state index in [2.05, 4.69) is 24.9 Å². The Morgan fingerprint density at radius 1 is 1.04 bits per heavy atom. The van der Waals surface area contributed by atoms with Gasteiger partial charge < -0.3 is 10.7 Å². The summed E-state index contributed by atoms with van der Waals surface area (Å²) in [5, 5.41) is 1.12. The highest BCUT2D eigenvalue weighted by molar-refractivity contribution is 6.10. The van der Waals surface area contributed by atoms with Crippen LogP contribution in [0.5, 0.6) is 0 Å². The Morgan fingerprint density at radius 3 is 2.36 bits per heavy atom. The average Bonchev–Trinajstić information content (AvgIpc) is 3.09. The van der Waals surface area contributed by atoms with Crippen molar-refractivity contribution in [1.82, 2.24) is 9.58 Å². The number of aromatic nitrogens is 1. The number of hydrogen-bond donors (Lipinski definition) is 1. The molecule has 0 aliphatic carbocycles. The van der Waals surface area contributed by atoms with Gasteiger partial charge in [-0.3, -0.25) is 9.47 Å². The normalized spacial score (nSPS) is 15.9. The van der Waals surface area contributed by atoms with E-state index in [1.165, 1.54) is 11.1 Å². The average molecular weight is 376 g/mol. The molecule has 28 heavy (non-hydrogen) atoms. The van der Waals surface area contributed by atoms with Crippen LogP contribution in [0, 0.1) is 0 Å². The molecule has 2 N–H and O–H groups in total. The van der Waals surface area contributed by atoms with Crippen molar-refractivity contribution in [2.45, 2.75) is 39.0 Å². The van der Waals surface area contributed by atoms with E-state index in [9.17, 15) is 4.79 Å². The lowest BCUT2D eigenvalue weighted by atomic mass is 9.88. The van der Waals surface area contributed by atoms with E-state index in [1.54, 1.807) is 4.68 Å². The van der Waals surface area contributed by atoms with Gasteiger partial charge in [0.15, 0.2) is 5.78 Å². The van der Waals surface area contributed by atoms with Crippen LogP contribution in [-0.2, 0) is 6.42 Å². The number of carbonyl (C=O) groups is 1. The number of fused-ring (bicyclic) bond motifs is 1. The number of nitrogens with zero attached hydrogens (tertiary/aromatic N) is 2. The van der Waals surface area contributed by atoms with Gasteiger partial charge in [0.05, 0.1) is 5.52 Å². The number of aryl methyl sites for hydroxylation is 1. The molecular weight excluding hydrogens is 346 g/mol.